The van der Waals surface area contributed by atoms with Crippen LogP contribution >= 0.6 is 0 Å². The molecule has 6 heteroatoms. The van der Waals surface area contributed by atoms with Crippen molar-refractivity contribution in [3.8, 4) is 0 Å². The first-order valence-corrected chi connectivity index (χ1v) is 4.90. The van der Waals surface area contributed by atoms with Crippen LogP contribution in [-0.4, -0.2) is 23.0 Å². The molecule has 96 valence electrons. The highest BCUT2D eigenvalue weighted by Gasteiger charge is 2.39. The maximum Gasteiger partial charge on any atom is 0.454 e. The van der Waals surface area contributed by atoms with Crippen molar-refractivity contribution in [2.45, 2.75) is 12.6 Å². The fraction of sp³-hybridized carbons (Fsp3) is 0.167. The van der Waals surface area contributed by atoms with E-state index in [0.29, 0.717) is 5.56 Å². The van der Waals surface area contributed by atoms with Crippen LogP contribution in [0.5, 0.6) is 0 Å². The summed E-state index contributed by atoms with van der Waals surface area (Å²) in [5.41, 5.74) is -0.133. The number of rotatable bonds is 4. The molecule has 0 aliphatic heterocycles. The van der Waals surface area contributed by atoms with Crippen LogP contribution in [0.1, 0.15) is 22.3 Å². The molecule has 0 spiro atoms. The molecule has 0 amide bonds. The quantitative estimate of drug-likeness (QED) is 0.845. The van der Waals surface area contributed by atoms with Crippen LogP contribution in [0.15, 0.2) is 30.3 Å². The summed E-state index contributed by atoms with van der Waals surface area (Å²) in [6.45, 7) is 0. The van der Waals surface area contributed by atoms with Gasteiger partial charge in [0, 0.05) is 5.56 Å². The zero-order valence-corrected chi connectivity index (χ0v) is 9.07. The van der Waals surface area contributed by atoms with E-state index in [0.717, 1.165) is 12.1 Å². The summed E-state index contributed by atoms with van der Waals surface area (Å²) in [6, 6.07) is 4.91. The molecule has 0 saturated heterocycles. The lowest BCUT2D eigenvalue weighted by Gasteiger charge is -2.05. The number of Topliss-reactive ketones (excluding diaryl/α,β-unsaturated/α-hetero) is 1. The monoisotopic (exact) mass is 258 g/mol. The van der Waals surface area contributed by atoms with Crippen LogP contribution in [-0.2, 0) is 4.79 Å². The number of ketones is 1. The summed E-state index contributed by atoms with van der Waals surface area (Å²) in [4.78, 5) is 21.2. The molecule has 1 N–H and O–H groups in total. The van der Waals surface area contributed by atoms with Crippen molar-refractivity contribution in [1.29, 1.82) is 0 Å². The maximum absolute atomic E-state index is 12.2. The molecule has 0 bridgehead atoms. The van der Waals surface area contributed by atoms with E-state index in [1.807, 2.05) is 0 Å². The maximum atomic E-state index is 12.2. The number of halogens is 3. The second-order valence-electron chi connectivity index (χ2n) is 3.45. The molecule has 0 heterocycles. The van der Waals surface area contributed by atoms with Gasteiger partial charge >= 0.3 is 12.1 Å². The number of carbonyl (C=O) groups is 2. The van der Waals surface area contributed by atoms with Crippen LogP contribution < -0.4 is 0 Å². The van der Waals surface area contributed by atoms with Crippen molar-refractivity contribution in [3.05, 3.63) is 41.5 Å². The number of alkyl halides is 3. The van der Waals surface area contributed by atoms with Gasteiger partial charge < -0.3 is 5.11 Å². The molecule has 3 nitrogen and oxygen atoms in total. The second kappa shape index (κ2) is 5.48. The van der Waals surface area contributed by atoms with Crippen LogP contribution in [0, 0.1) is 0 Å². The molecule has 1 aromatic carbocycles. The standard InChI is InChI=1S/C12H9F3O3/c13-12(14,15)11(18)9-5-1-3-8(7-9)4-2-6-10(16)17/h1-5,7H,6H2,(H,16,17). The van der Waals surface area contributed by atoms with E-state index in [2.05, 4.69) is 0 Å². The number of aliphatic carboxylic acids is 1. The Bertz CT molecular complexity index is 490. The Kier molecular flexibility index (Phi) is 4.25. The molecule has 1 aromatic rings. The van der Waals surface area contributed by atoms with E-state index in [1.54, 1.807) is 0 Å². The average molecular weight is 258 g/mol. The Morgan fingerprint density at radius 1 is 1.28 bits per heavy atom. The first kappa shape index (κ1) is 14.0. The van der Waals surface area contributed by atoms with Gasteiger partial charge in [0.2, 0.25) is 0 Å². The van der Waals surface area contributed by atoms with Gasteiger partial charge in [-0.15, -0.1) is 0 Å². The zero-order valence-electron chi connectivity index (χ0n) is 9.07. The summed E-state index contributed by atoms with van der Waals surface area (Å²) in [5.74, 6) is -2.97. The van der Waals surface area contributed by atoms with Gasteiger partial charge in [-0.3, -0.25) is 9.59 Å². The highest BCUT2D eigenvalue weighted by atomic mass is 19.4. The van der Waals surface area contributed by atoms with E-state index < -0.39 is 23.5 Å². The molecular formula is C12H9F3O3. The minimum Gasteiger partial charge on any atom is -0.481 e. The minimum absolute atomic E-state index is 0.239. The lowest BCUT2D eigenvalue weighted by Crippen LogP contribution is -2.22. The molecule has 0 aliphatic carbocycles. The third-order valence-electron chi connectivity index (χ3n) is 2.01. The molecule has 0 aliphatic rings. The number of carbonyl (C=O) groups excluding carboxylic acids is 1. The summed E-state index contributed by atoms with van der Waals surface area (Å²) < 4.78 is 36.5. The third kappa shape index (κ3) is 4.04. The smallest absolute Gasteiger partial charge is 0.454 e. The van der Waals surface area contributed by atoms with E-state index >= 15 is 0 Å². The van der Waals surface area contributed by atoms with E-state index in [-0.39, 0.29) is 6.42 Å². The zero-order chi connectivity index (χ0) is 13.8. The molecule has 0 saturated carbocycles. The van der Waals surface area contributed by atoms with Gasteiger partial charge in [-0.05, 0) is 11.6 Å². The Hall–Kier alpha value is -2.11. The molecule has 0 aromatic heterocycles. The highest BCUT2D eigenvalue weighted by molar-refractivity contribution is 6.00. The van der Waals surface area contributed by atoms with Gasteiger partial charge in [-0.2, -0.15) is 13.2 Å². The van der Waals surface area contributed by atoms with Crippen molar-refractivity contribution in [2.24, 2.45) is 0 Å². The lowest BCUT2D eigenvalue weighted by molar-refractivity contribution is -0.135. The Balaban J connectivity index is 2.90. The third-order valence-corrected chi connectivity index (χ3v) is 2.01. The van der Waals surface area contributed by atoms with Crippen molar-refractivity contribution in [3.63, 3.8) is 0 Å². The number of benzene rings is 1. The predicted octanol–water partition coefficient (Wildman–Crippen LogP) is 2.92. The average Bonchev–Trinajstić information content (AvgIpc) is 2.26. The first-order chi connectivity index (χ1) is 8.30. The van der Waals surface area contributed by atoms with Gasteiger partial charge in [0.15, 0.2) is 0 Å². The van der Waals surface area contributed by atoms with Gasteiger partial charge in [0.1, 0.15) is 0 Å². The van der Waals surface area contributed by atoms with Gasteiger partial charge in [0.05, 0.1) is 6.42 Å². The molecule has 0 atom stereocenters. The summed E-state index contributed by atoms with van der Waals surface area (Å²) in [7, 11) is 0. The summed E-state index contributed by atoms with van der Waals surface area (Å²) in [6.07, 6.45) is -2.51. The van der Waals surface area contributed by atoms with Crippen LogP contribution in [0.2, 0.25) is 0 Å². The van der Waals surface area contributed by atoms with E-state index in [4.69, 9.17) is 5.11 Å². The van der Waals surface area contributed by atoms with Crippen molar-refractivity contribution in [1.82, 2.24) is 0 Å². The lowest BCUT2D eigenvalue weighted by atomic mass is 10.1. The molecule has 0 radical (unpaired) electrons. The first-order valence-electron chi connectivity index (χ1n) is 4.90. The van der Waals surface area contributed by atoms with Crippen LogP contribution in [0.25, 0.3) is 6.08 Å². The molecule has 0 fully saturated rings. The number of carboxylic acids is 1. The van der Waals surface area contributed by atoms with Crippen LogP contribution in [0.4, 0.5) is 13.2 Å². The Morgan fingerprint density at radius 3 is 2.50 bits per heavy atom. The molecule has 18 heavy (non-hydrogen) atoms. The fourth-order valence-electron chi connectivity index (χ4n) is 1.24. The molecule has 1 rings (SSSR count). The second-order valence-corrected chi connectivity index (χ2v) is 3.45. The molecule has 0 unspecified atom stereocenters. The highest BCUT2D eigenvalue weighted by Crippen LogP contribution is 2.22. The summed E-state index contributed by atoms with van der Waals surface area (Å²) >= 11 is 0. The van der Waals surface area contributed by atoms with E-state index in [9.17, 15) is 22.8 Å². The fourth-order valence-corrected chi connectivity index (χ4v) is 1.24. The van der Waals surface area contributed by atoms with Crippen molar-refractivity contribution < 1.29 is 27.9 Å². The predicted molar refractivity (Wildman–Crippen MR) is 58.1 cm³/mol. The van der Waals surface area contributed by atoms with E-state index in [1.165, 1.54) is 24.3 Å². The molecular weight excluding hydrogens is 249 g/mol. The minimum atomic E-state index is -4.91. The largest absolute Gasteiger partial charge is 0.481 e. The van der Waals surface area contributed by atoms with Gasteiger partial charge in [-0.25, -0.2) is 0 Å². The van der Waals surface area contributed by atoms with Gasteiger partial charge in [-0.1, -0.05) is 30.4 Å². The number of carboxylic acid groups (broad SMARTS) is 1. The van der Waals surface area contributed by atoms with Crippen LogP contribution in [0.3, 0.4) is 0 Å². The number of hydrogen-bond donors (Lipinski definition) is 1. The normalized spacial score (nSPS) is 11.7. The summed E-state index contributed by atoms with van der Waals surface area (Å²) in [5, 5.41) is 8.39. The SMILES string of the molecule is O=C(O)CC=Cc1cccc(C(=O)C(F)(F)F)c1. The van der Waals surface area contributed by atoms with Gasteiger partial charge in [0.25, 0.3) is 5.78 Å². The Morgan fingerprint density at radius 2 is 1.94 bits per heavy atom. The topological polar surface area (TPSA) is 54.4 Å². The van der Waals surface area contributed by atoms with Crippen molar-refractivity contribution >= 4 is 17.8 Å². The number of hydrogen-bond acceptors (Lipinski definition) is 2. The van der Waals surface area contributed by atoms with Crippen molar-refractivity contribution in [2.75, 3.05) is 0 Å². The Labute approximate surface area is 101 Å².